The van der Waals surface area contributed by atoms with Crippen LogP contribution in [0.2, 0.25) is 0 Å². The minimum Gasteiger partial charge on any atom is -0.491 e. The maximum absolute atomic E-state index is 13.0. The predicted octanol–water partition coefficient (Wildman–Crippen LogP) is 4.58. The molecule has 10 heteroatoms. The lowest BCUT2D eigenvalue weighted by Gasteiger charge is -2.26. The summed E-state index contributed by atoms with van der Waals surface area (Å²) >= 11 is 1.58. The van der Waals surface area contributed by atoms with Crippen molar-refractivity contribution >= 4 is 29.4 Å². The van der Waals surface area contributed by atoms with Gasteiger partial charge in [0.1, 0.15) is 18.1 Å². The fourth-order valence-electron chi connectivity index (χ4n) is 3.28. The second-order valence-corrected chi connectivity index (χ2v) is 8.43. The number of carbonyl (C=O) groups is 2. The first-order valence-electron chi connectivity index (χ1n) is 11.3. The first-order valence-corrected chi connectivity index (χ1v) is 12.5. The number of carbonyl (C=O) groups excluding carboxylic acids is 2. The number of anilines is 1. The van der Waals surface area contributed by atoms with Crippen molar-refractivity contribution < 1.29 is 34.1 Å². The van der Waals surface area contributed by atoms with Gasteiger partial charge in [0.15, 0.2) is 12.2 Å². The number of ether oxygens (including phenoxy) is 3. The fourth-order valence-corrected chi connectivity index (χ4v) is 3.69. The second kappa shape index (κ2) is 14.5. The number of hydroxylamine groups is 1. The van der Waals surface area contributed by atoms with E-state index < -0.39 is 24.2 Å². The number of hydrogen-bond acceptors (Lipinski definition) is 8. The molecule has 0 aliphatic carbocycles. The molecule has 0 bridgehead atoms. The van der Waals surface area contributed by atoms with Crippen LogP contribution in [0.3, 0.4) is 0 Å². The van der Waals surface area contributed by atoms with Crippen molar-refractivity contribution in [1.29, 1.82) is 0 Å². The normalized spacial score (nSPS) is 12.4. The number of amides is 2. The fraction of sp³-hybridized carbons (Fsp3) is 0.185. The maximum atomic E-state index is 13.0. The van der Waals surface area contributed by atoms with Gasteiger partial charge in [-0.3, -0.25) is 15.3 Å². The van der Waals surface area contributed by atoms with Crippen LogP contribution in [0.5, 0.6) is 11.5 Å². The summed E-state index contributed by atoms with van der Waals surface area (Å²) in [5.41, 5.74) is 2.58. The summed E-state index contributed by atoms with van der Waals surface area (Å²) in [6, 6.07) is 22.9. The van der Waals surface area contributed by atoms with E-state index in [0.717, 1.165) is 11.0 Å². The molecule has 2 atom stereocenters. The van der Waals surface area contributed by atoms with E-state index in [9.17, 15) is 9.59 Å². The minimum atomic E-state index is -1.04. The molecule has 194 valence electrons. The molecule has 9 nitrogen and oxygen atoms in total. The lowest BCUT2D eigenvalue weighted by molar-refractivity contribution is -0.124. The molecule has 0 heterocycles. The van der Waals surface area contributed by atoms with Gasteiger partial charge in [-0.1, -0.05) is 30.3 Å². The molecule has 2 amide bonds. The number of rotatable bonds is 12. The van der Waals surface area contributed by atoms with E-state index in [1.165, 1.54) is 11.6 Å². The van der Waals surface area contributed by atoms with Crippen LogP contribution in [0, 0.1) is 0 Å². The topological polar surface area (TPSA) is 126 Å². The molecule has 0 radical (unpaired) electrons. The zero-order valence-electron chi connectivity index (χ0n) is 20.1. The van der Waals surface area contributed by atoms with Gasteiger partial charge in [0.2, 0.25) is 0 Å². The molecule has 3 aromatic carbocycles. The predicted molar refractivity (Wildman–Crippen MR) is 140 cm³/mol. The Kier molecular flexibility index (Phi) is 10.8. The lowest BCUT2D eigenvalue weighted by Crippen LogP contribution is -2.30. The van der Waals surface area contributed by atoms with E-state index in [1.807, 2.05) is 24.5 Å². The highest BCUT2D eigenvalue weighted by atomic mass is 32.2. The van der Waals surface area contributed by atoms with Crippen LogP contribution in [0.1, 0.15) is 11.7 Å². The summed E-state index contributed by atoms with van der Waals surface area (Å²) in [6.07, 6.45) is 1.66. The number of para-hydroxylation sites is 1. The summed E-state index contributed by atoms with van der Waals surface area (Å²) < 4.78 is 17.4. The minimum absolute atomic E-state index is 0.0853. The number of hydrogen-bond donors (Lipinski definition) is 4. The van der Waals surface area contributed by atoms with Crippen LogP contribution in [-0.4, -0.2) is 47.9 Å². The number of nitrogens with one attached hydrogen (secondary N) is 2. The van der Waals surface area contributed by atoms with Crippen molar-refractivity contribution in [2.75, 3.05) is 24.8 Å². The lowest BCUT2D eigenvalue weighted by atomic mass is 10.0. The van der Waals surface area contributed by atoms with Crippen molar-refractivity contribution in [3.63, 3.8) is 0 Å². The van der Waals surface area contributed by atoms with Crippen LogP contribution < -0.4 is 20.3 Å². The third kappa shape index (κ3) is 8.87. The number of aliphatic hydroxyl groups is 1. The van der Waals surface area contributed by atoms with Gasteiger partial charge in [-0.2, -0.15) is 0 Å². The van der Waals surface area contributed by atoms with Crippen LogP contribution in [0.4, 0.5) is 10.5 Å². The molecule has 0 aromatic heterocycles. The first kappa shape index (κ1) is 27.6. The Hall–Kier alpha value is -3.99. The SMILES string of the molecule is CSc1ccc(NC(=O)O[C@H](c2cccc(OCCO)c2)[C@@H](/C=C/C(=O)NO)Oc2ccccc2)cc1. The summed E-state index contributed by atoms with van der Waals surface area (Å²) in [5, 5.41) is 20.7. The zero-order chi connectivity index (χ0) is 26.5. The molecule has 0 spiro atoms. The van der Waals surface area contributed by atoms with Crippen LogP contribution in [0.25, 0.3) is 0 Å². The molecule has 3 aromatic rings. The average molecular weight is 525 g/mol. The largest absolute Gasteiger partial charge is 0.491 e. The van der Waals surface area contributed by atoms with Crippen molar-refractivity contribution in [1.82, 2.24) is 5.48 Å². The van der Waals surface area contributed by atoms with Gasteiger partial charge in [0.05, 0.1) is 6.61 Å². The van der Waals surface area contributed by atoms with Crippen molar-refractivity contribution in [2.24, 2.45) is 0 Å². The van der Waals surface area contributed by atoms with Gasteiger partial charge in [-0.05, 0) is 60.9 Å². The van der Waals surface area contributed by atoms with Gasteiger partial charge in [-0.15, -0.1) is 11.8 Å². The Labute approximate surface area is 219 Å². The Bertz CT molecular complexity index is 1170. The second-order valence-electron chi connectivity index (χ2n) is 7.55. The Balaban J connectivity index is 1.94. The number of benzene rings is 3. The average Bonchev–Trinajstić information content (AvgIpc) is 2.94. The molecule has 0 aliphatic heterocycles. The maximum Gasteiger partial charge on any atom is 0.412 e. The molecule has 37 heavy (non-hydrogen) atoms. The van der Waals surface area contributed by atoms with Gasteiger partial charge in [-0.25, -0.2) is 10.3 Å². The summed E-state index contributed by atoms with van der Waals surface area (Å²) in [5.74, 6) is 0.137. The quantitative estimate of drug-likeness (QED) is 0.117. The van der Waals surface area contributed by atoms with Gasteiger partial charge < -0.3 is 19.3 Å². The van der Waals surface area contributed by atoms with Crippen LogP contribution in [-0.2, 0) is 9.53 Å². The Morgan fingerprint density at radius 3 is 2.41 bits per heavy atom. The zero-order valence-corrected chi connectivity index (χ0v) is 20.9. The van der Waals surface area contributed by atoms with E-state index in [2.05, 4.69) is 5.32 Å². The van der Waals surface area contributed by atoms with Crippen molar-refractivity contribution in [3.8, 4) is 11.5 Å². The van der Waals surface area contributed by atoms with E-state index in [1.54, 1.807) is 72.4 Å². The van der Waals surface area contributed by atoms with E-state index >= 15 is 0 Å². The number of thioether (sulfide) groups is 1. The summed E-state index contributed by atoms with van der Waals surface area (Å²) in [4.78, 5) is 25.7. The van der Waals surface area contributed by atoms with Gasteiger partial charge in [0, 0.05) is 22.2 Å². The molecular formula is C27H28N2O7S. The highest BCUT2D eigenvalue weighted by Gasteiger charge is 2.28. The molecular weight excluding hydrogens is 496 g/mol. The third-order valence-electron chi connectivity index (χ3n) is 4.98. The standard InChI is InChI=1S/C27H28N2O7S/c1-37-23-12-10-20(11-13-23)28-27(32)36-26(19-6-5-9-22(18-19)34-17-16-30)24(14-15-25(31)29-33)35-21-7-3-2-4-8-21/h2-15,18,24,26,30,33H,16-17H2,1H3,(H,28,32)(H,29,31)/b15-14+/t24-,26-/m1/s1. The van der Waals surface area contributed by atoms with Crippen molar-refractivity contribution in [2.45, 2.75) is 17.1 Å². The molecule has 4 N–H and O–H groups in total. The van der Waals surface area contributed by atoms with E-state index in [0.29, 0.717) is 22.7 Å². The monoisotopic (exact) mass is 524 g/mol. The highest BCUT2D eigenvalue weighted by molar-refractivity contribution is 7.98. The molecule has 0 fully saturated rings. The first-order chi connectivity index (χ1) is 18.0. The third-order valence-corrected chi connectivity index (χ3v) is 5.72. The van der Waals surface area contributed by atoms with Gasteiger partial charge in [0.25, 0.3) is 5.91 Å². The summed E-state index contributed by atoms with van der Waals surface area (Å²) in [7, 11) is 0. The number of aliphatic hydroxyl groups excluding tert-OH is 1. The molecule has 0 saturated heterocycles. The van der Waals surface area contributed by atoms with Crippen LogP contribution in [0.15, 0.2) is 95.9 Å². The Morgan fingerprint density at radius 1 is 1.00 bits per heavy atom. The molecule has 0 saturated carbocycles. The highest BCUT2D eigenvalue weighted by Crippen LogP contribution is 2.30. The molecule has 0 aliphatic rings. The smallest absolute Gasteiger partial charge is 0.412 e. The summed E-state index contributed by atoms with van der Waals surface area (Å²) in [6.45, 7) is -0.0807. The van der Waals surface area contributed by atoms with Crippen LogP contribution >= 0.6 is 11.8 Å². The molecule has 0 unspecified atom stereocenters. The molecule has 3 rings (SSSR count). The Morgan fingerprint density at radius 2 is 1.73 bits per heavy atom. The van der Waals surface area contributed by atoms with E-state index in [-0.39, 0.29) is 13.2 Å². The van der Waals surface area contributed by atoms with Gasteiger partial charge >= 0.3 is 6.09 Å². The van der Waals surface area contributed by atoms with E-state index in [4.69, 9.17) is 24.5 Å². The van der Waals surface area contributed by atoms with Crippen molar-refractivity contribution in [3.05, 3.63) is 96.6 Å².